The van der Waals surface area contributed by atoms with Crippen molar-refractivity contribution in [2.75, 3.05) is 12.3 Å². The van der Waals surface area contributed by atoms with Crippen molar-refractivity contribution in [3.63, 3.8) is 0 Å². The van der Waals surface area contributed by atoms with Crippen LogP contribution in [0.25, 0.3) is 0 Å². The molecule has 0 bridgehead atoms. The molecule has 1 aromatic heterocycles. The molecule has 1 fully saturated rings. The van der Waals surface area contributed by atoms with Crippen LogP contribution in [0.5, 0.6) is 0 Å². The van der Waals surface area contributed by atoms with Crippen molar-refractivity contribution < 1.29 is 9.90 Å². The molecule has 1 aliphatic rings. The van der Waals surface area contributed by atoms with Crippen LogP contribution in [0.15, 0.2) is 11.5 Å². The third kappa shape index (κ3) is 3.94. The highest BCUT2D eigenvalue weighted by molar-refractivity contribution is 7.99. The Morgan fingerprint density at radius 2 is 2.37 bits per heavy atom. The van der Waals surface area contributed by atoms with Gasteiger partial charge >= 0.3 is 0 Å². The maximum atomic E-state index is 11.7. The van der Waals surface area contributed by atoms with Crippen LogP contribution in [0.2, 0.25) is 0 Å². The van der Waals surface area contributed by atoms with E-state index in [0.29, 0.717) is 18.2 Å². The van der Waals surface area contributed by atoms with Gasteiger partial charge in [-0.1, -0.05) is 11.8 Å². The lowest BCUT2D eigenvalue weighted by Gasteiger charge is -2.31. The van der Waals surface area contributed by atoms with E-state index < -0.39 is 0 Å². The highest BCUT2D eigenvalue weighted by atomic mass is 32.2. The lowest BCUT2D eigenvalue weighted by Crippen LogP contribution is -2.39. The first-order valence-corrected chi connectivity index (χ1v) is 7.52. The zero-order valence-corrected chi connectivity index (χ0v) is 12.1. The number of carbonyl (C=O) groups excluding carboxylic acids is 1. The van der Waals surface area contributed by atoms with E-state index in [4.69, 9.17) is 5.11 Å². The number of aliphatic hydroxyl groups excluding tert-OH is 1. The number of aliphatic hydroxyl groups is 1. The van der Waals surface area contributed by atoms with E-state index in [1.165, 1.54) is 11.8 Å². The average molecular weight is 284 g/mol. The van der Waals surface area contributed by atoms with E-state index in [1.54, 1.807) is 6.33 Å². The first kappa shape index (κ1) is 14.3. The number of hydrogen-bond donors (Lipinski definition) is 2. The third-order valence-electron chi connectivity index (χ3n) is 3.23. The highest BCUT2D eigenvalue weighted by Gasteiger charge is 2.27. The van der Waals surface area contributed by atoms with Gasteiger partial charge in [-0.15, -0.1) is 10.2 Å². The van der Waals surface area contributed by atoms with E-state index in [2.05, 4.69) is 29.4 Å². The first-order valence-electron chi connectivity index (χ1n) is 6.53. The fourth-order valence-electron chi connectivity index (χ4n) is 2.00. The molecule has 1 aromatic rings. The predicted molar refractivity (Wildman–Crippen MR) is 72.9 cm³/mol. The van der Waals surface area contributed by atoms with Gasteiger partial charge < -0.3 is 15.0 Å². The molecule has 6 nitrogen and oxygen atoms in total. The van der Waals surface area contributed by atoms with Crippen LogP contribution in [0.4, 0.5) is 0 Å². The van der Waals surface area contributed by atoms with E-state index >= 15 is 0 Å². The Kier molecular flexibility index (Phi) is 4.81. The van der Waals surface area contributed by atoms with Gasteiger partial charge in [0.1, 0.15) is 6.33 Å². The lowest BCUT2D eigenvalue weighted by molar-refractivity contribution is -0.119. The van der Waals surface area contributed by atoms with Crippen molar-refractivity contribution in [1.82, 2.24) is 20.1 Å². The molecular weight excluding hydrogens is 264 g/mol. The SMILES string of the molecule is CC(C)n1cnnc1SCC(=O)NCC1CC(O)C1. The molecule has 1 aliphatic carbocycles. The number of amides is 1. The number of aromatic nitrogens is 3. The molecule has 0 radical (unpaired) electrons. The molecule has 0 saturated heterocycles. The van der Waals surface area contributed by atoms with Crippen molar-refractivity contribution in [3.05, 3.63) is 6.33 Å². The van der Waals surface area contributed by atoms with Crippen LogP contribution in [0, 0.1) is 5.92 Å². The molecule has 19 heavy (non-hydrogen) atoms. The predicted octanol–water partition coefficient (Wildman–Crippen LogP) is 0.838. The van der Waals surface area contributed by atoms with E-state index in [0.717, 1.165) is 18.0 Å². The molecular formula is C12H20N4O2S. The molecule has 7 heteroatoms. The fourth-order valence-corrected chi connectivity index (χ4v) is 2.87. The molecule has 0 unspecified atom stereocenters. The van der Waals surface area contributed by atoms with Crippen LogP contribution in [-0.4, -0.2) is 44.2 Å². The Bertz CT molecular complexity index is 429. The standard InChI is InChI=1S/C12H20N4O2S/c1-8(2)16-7-14-15-12(16)19-6-11(18)13-5-9-3-10(17)4-9/h7-10,17H,3-6H2,1-2H3,(H,13,18). The maximum Gasteiger partial charge on any atom is 0.230 e. The summed E-state index contributed by atoms with van der Waals surface area (Å²) in [7, 11) is 0. The van der Waals surface area contributed by atoms with Crippen LogP contribution in [-0.2, 0) is 4.79 Å². The van der Waals surface area contributed by atoms with Crippen molar-refractivity contribution in [3.8, 4) is 0 Å². The summed E-state index contributed by atoms with van der Waals surface area (Å²) in [6.45, 7) is 4.76. The minimum absolute atomic E-state index is 0.00435. The molecule has 2 rings (SSSR count). The van der Waals surface area contributed by atoms with Gasteiger partial charge in [-0.05, 0) is 32.6 Å². The third-order valence-corrected chi connectivity index (χ3v) is 4.18. The number of nitrogens with zero attached hydrogens (tertiary/aromatic N) is 3. The first-order chi connectivity index (χ1) is 9.06. The summed E-state index contributed by atoms with van der Waals surface area (Å²) in [5, 5.41) is 20.7. The Morgan fingerprint density at radius 1 is 1.63 bits per heavy atom. The summed E-state index contributed by atoms with van der Waals surface area (Å²) < 4.78 is 1.94. The van der Waals surface area contributed by atoms with Gasteiger partial charge in [0.2, 0.25) is 5.91 Å². The molecule has 2 N–H and O–H groups in total. The summed E-state index contributed by atoms with van der Waals surface area (Å²) in [5.74, 6) is 0.786. The van der Waals surface area contributed by atoms with Gasteiger partial charge in [0, 0.05) is 12.6 Å². The van der Waals surface area contributed by atoms with Gasteiger partial charge in [-0.2, -0.15) is 0 Å². The molecule has 0 spiro atoms. The van der Waals surface area contributed by atoms with Gasteiger partial charge in [-0.3, -0.25) is 4.79 Å². The number of nitrogens with one attached hydrogen (secondary N) is 1. The molecule has 0 aliphatic heterocycles. The fraction of sp³-hybridized carbons (Fsp3) is 0.750. The monoisotopic (exact) mass is 284 g/mol. The van der Waals surface area contributed by atoms with E-state index in [9.17, 15) is 4.79 Å². The second-order valence-corrected chi connectivity index (χ2v) is 6.14. The summed E-state index contributed by atoms with van der Waals surface area (Å²) in [6.07, 6.45) is 3.12. The van der Waals surface area contributed by atoms with Gasteiger partial charge in [0.05, 0.1) is 11.9 Å². The largest absolute Gasteiger partial charge is 0.393 e. The van der Waals surface area contributed by atoms with Crippen LogP contribution < -0.4 is 5.32 Å². The Hall–Kier alpha value is -1.08. The minimum atomic E-state index is -0.166. The minimum Gasteiger partial charge on any atom is -0.393 e. The molecule has 1 saturated carbocycles. The highest BCUT2D eigenvalue weighted by Crippen LogP contribution is 2.26. The summed E-state index contributed by atoms with van der Waals surface area (Å²) in [4.78, 5) is 11.7. The zero-order chi connectivity index (χ0) is 13.8. The molecule has 1 amide bonds. The van der Waals surface area contributed by atoms with Crippen molar-refractivity contribution >= 4 is 17.7 Å². The smallest absolute Gasteiger partial charge is 0.230 e. The van der Waals surface area contributed by atoms with Gasteiger partial charge in [0.25, 0.3) is 0 Å². The summed E-state index contributed by atoms with van der Waals surface area (Å²) in [6, 6.07) is 0.289. The van der Waals surface area contributed by atoms with Crippen LogP contribution in [0.3, 0.4) is 0 Å². The molecule has 0 atom stereocenters. The number of carbonyl (C=O) groups is 1. The normalized spacial score (nSPS) is 22.3. The topological polar surface area (TPSA) is 80.0 Å². The number of thioether (sulfide) groups is 1. The van der Waals surface area contributed by atoms with Gasteiger partial charge in [0.15, 0.2) is 5.16 Å². The van der Waals surface area contributed by atoms with Crippen molar-refractivity contribution in [2.45, 2.75) is 44.0 Å². The Morgan fingerprint density at radius 3 is 3.00 bits per heavy atom. The lowest BCUT2D eigenvalue weighted by atomic mass is 9.82. The second kappa shape index (κ2) is 6.38. The number of hydrogen-bond acceptors (Lipinski definition) is 5. The Balaban J connectivity index is 1.69. The van der Waals surface area contributed by atoms with Crippen LogP contribution in [0.1, 0.15) is 32.7 Å². The average Bonchev–Trinajstić information content (AvgIpc) is 2.79. The number of rotatable bonds is 6. The second-order valence-electron chi connectivity index (χ2n) is 5.20. The molecule has 1 heterocycles. The summed E-state index contributed by atoms with van der Waals surface area (Å²) >= 11 is 1.40. The summed E-state index contributed by atoms with van der Waals surface area (Å²) in [5.41, 5.74) is 0. The van der Waals surface area contributed by atoms with Crippen molar-refractivity contribution in [1.29, 1.82) is 0 Å². The van der Waals surface area contributed by atoms with Crippen LogP contribution >= 0.6 is 11.8 Å². The zero-order valence-electron chi connectivity index (χ0n) is 11.2. The van der Waals surface area contributed by atoms with E-state index in [-0.39, 0.29) is 18.1 Å². The van der Waals surface area contributed by atoms with Gasteiger partial charge in [-0.25, -0.2) is 0 Å². The van der Waals surface area contributed by atoms with E-state index in [1.807, 2.05) is 4.57 Å². The maximum absolute atomic E-state index is 11.7. The Labute approximate surface area is 117 Å². The molecule has 106 valence electrons. The molecule has 0 aromatic carbocycles. The quantitative estimate of drug-likeness (QED) is 0.757. The van der Waals surface area contributed by atoms with Crippen molar-refractivity contribution in [2.24, 2.45) is 5.92 Å².